The third-order valence-corrected chi connectivity index (χ3v) is 2.40. The van der Waals surface area contributed by atoms with Crippen molar-refractivity contribution in [3.8, 4) is 11.8 Å². The van der Waals surface area contributed by atoms with Crippen molar-refractivity contribution in [3.63, 3.8) is 0 Å². The third-order valence-electron chi connectivity index (χ3n) is 2.40. The van der Waals surface area contributed by atoms with E-state index < -0.39 is 6.10 Å². The highest BCUT2D eigenvalue weighted by atomic mass is 16.5. The smallest absolute Gasteiger partial charge is 0.241 e. The summed E-state index contributed by atoms with van der Waals surface area (Å²) in [4.78, 5) is 8.17. The van der Waals surface area contributed by atoms with Gasteiger partial charge in [-0.05, 0) is 0 Å². The number of nitrogens with zero attached hydrogens (tertiary/aromatic N) is 2. The summed E-state index contributed by atoms with van der Waals surface area (Å²) in [7, 11) is 4.55. The molecule has 6 nitrogen and oxygen atoms in total. The van der Waals surface area contributed by atoms with Gasteiger partial charge in [-0.1, -0.05) is 6.92 Å². The summed E-state index contributed by atoms with van der Waals surface area (Å²) in [6.07, 6.45) is 0.656. The highest BCUT2D eigenvalue weighted by Gasteiger charge is 2.23. The molecule has 0 aliphatic carbocycles. The van der Waals surface area contributed by atoms with Crippen LogP contribution in [0.1, 0.15) is 18.7 Å². The van der Waals surface area contributed by atoms with E-state index in [1.165, 1.54) is 20.4 Å². The summed E-state index contributed by atoms with van der Waals surface area (Å²) >= 11 is 0. The lowest BCUT2D eigenvalue weighted by Crippen LogP contribution is -2.17. The van der Waals surface area contributed by atoms with E-state index in [1.54, 1.807) is 7.11 Å². The third kappa shape index (κ3) is 3.28. The zero-order valence-corrected chi connectivity index (χ0v) is 10.5. The van der Waals surface area contributed by atoms with Gasteiger partial charge in [-0.25, -0.2) is 4.98 Å². The fraction of sp³-hybridized carbons (Fsp3) is 0.636. The molecular weight excluding hydrogens is 224 g/mol. The molecule has 1 N–H and O–H groups in total. The van der Waals surface area contributed by atoms with Gasteiger partial charge in [0.1, 0.15) is 11.8 Å². The minimum Gasteiger partial charge on any atom is -0.480 e. The van der Waals surface area contributed by atoms with Crippen LogP contribution < -0.4 is 9.47 Å². The van der Waals surface area contributed by atoms with Gasteiger partial charge in [-0.15, -0.1) is 0 Å². The molecular formula is C11H18N2O4. The van der Waals surface area contributed by atoms with E-state index >= 15 is 0 Å². The largest absolute Gasteiger partial charge is 0.480 e. The molecule has 0 amide bonds. The van der Waals surface area contributed by atoms with Crippen molar-refractivity contribution in [2.24, 2.45) is 5.92 Å². The van der Waals surface area contributed by atoms with E-state index in [2.05, 4.69) is 9.97 Å². The molecule has 1 heterocycles. The molecule has 96 valence electrons. The van der Waals surface area contributed by atoms with E-state index in [4.69, 9.17) is 14.2 Å². The second-order valence-electron chi connectivity index (χ2n) is 3.68. The van der Waals surface area contributed by atoms with Crippen LogP contribution in [0.5, 0.6) is 11.8 Å². The molecule has 2 unspecified atom stereocenters. The number of methoxy groups -OCH3 is 3. The van der Waals surface area contributed by atoms with Gasteiger partial charge in [0, 0.05) is 13.0 Å². The fourth-order valence-corrected chi connectivity index (χ4v) is 1.44. The molecule has 0 bridgehead atoms. The minimum atomic E-state index is -0.789. The lowest BCUT2D eigenvalue weighted by Gasteiger charge is -2.19. The Labute approximate surface area is 101 Å². The summed E-state index contributed by atoms with van der Waals surface area (Å²) in [6, 6.07) is 0. The topological polar surface area (TPSA) is 73.7 Å². The molecule has 0 fully saturated rings. The first-order valence-corrected chi connectivity index (χ1v) is 5.26. The van der Waals surface area contributed by atoms with Crippen LogP contribution in [0.4, 0.5) is 0 Å². The highest BCUT2D eigenvalue weighted by molar-refractivity contribution is 5.25. The first-order valence-electron chi connectivity index (χ1n) is 5.26. The number of ether oxygens (including phenoxy) is 3. The standard InChI is InChI=1S/C11H18N2O4/c1-7(6-15-2)10(14)9-11(17-4)13-8(16-3)5-12-9/h5,7,10,14H,6H2,1-4H3. The predicted molar refractivity (Wildman–Crippen MR) is 61.1 cm³/mol. The Bertz CT molecular complexity index is 359. The monoisotopic (exact) mass is 242 g/mol. The van der Waals surface area contributed by atoms with Gasteiger partial charge in [0.15, 0.2) is 0 Å². The summed E-state index contributed by atoms with van der Waals surface area (Å²) in [5, 5.41) is 10.1. The molecule has 1 aromatic rings. The minimum absolute atomic E-state index is 0.100. The van der Waals surface area contributed by atoms with Gasteiger partial charge in [-0.2, -0.15) is 4.98 Å². The zero-order valence-electron chi connectivity index (χ0n) is 10.5. The Morgan fingerprint density at radius 1 is 1.29 bits per heavy atom. The van der Waals surface area contributed by atoms with Crippen LogP contribution in [0.25, 0.3) is 0 Å². The van der Waals surface area contributed by atoms with E-state index in [0.717, 1.165) is 0 Å². The van der Waals surface area contributed by atoms with Gasteiger partial charge in [0.05, 0.1) is 27.0 Å². The molecule has 0 spiro atoms. The molecule has 1 rings (SSSR count). The Morgan fingerprint density at radius 2 is 2.00 bits per heavy atom. The van der Waals surface area contributed by atoms with Crippen LogP contribution in [0.15, 0.2) is 6.20 Å². The molecule has 0 radical (unpaired) electrons. The Morgan fingerprint density at radius 3 is 2.53 bits per heavy atom. The van der Waals surface area contributed by atoms with Crippen molar-refractivity contribution >= 4 is 0 Å². The van der Waals surface area contributed by atoms with Crippen LogP contribution in [0, 0.1) is 5.92 Å². The second kappa shape index (κ2) is 6.36. The van der Waals surface area contributed by atoms with Crippen molar-refractivity contribution in [1.29, 1.82) is 0 Å². The maximum absolute atomic E-state index is 10.1. The summed E-state index contributed by atoms with van der Waals surface area (Å²) in [6.45, 7) is 2.29. The first-order chi connectivity index (χ1) is 8.13. The Kier molecular flexibility index (Phi) is 5.11. The first kappa shape index (κ1) is 13.7. The zero-order chi connectivity index (χ0) is 12.8. The molecule has 0 aliphatic heterocycles. The van der Waals surface area contributed by atoms with Crippen LogP contribution in [-0.4, -0.2) is 43.0 Å². The van der Waals surface area contributed by atoms with Crippen molar-refractivity contribution < 1.29 is 19.3 Å². The number of hydrogen-bond acceptors (Lipinski definition) is 6. The molecule has 0 saturated carbocycles. The Hall–Kier alpha value is -1.40. The van der Waals surface area contributed by atoms with Crippen LogP contribution >= 0.6 is 0 Å². The van der Waals surface area contributed by atoms with Gasteiger partial charge >= 0.3 is 0 Å². The van der Waals surface area contributed by atoms with Crippen molar-refractivity contribution in [1.82, 2.24) is 9.97 Å². The van der Waals surface area contributed by atoms with Crippen molar-refractivity contribution in [2.45, 2.75) is 13.0 Å². The van der Waals surface area contributed by atoms with Gasteiger partial charge in [-0.3, -0.25) is 0 Å². The molecule has 0 aliphatic rings. The molecule has 1 aromatic heterocycles. The molecule has 0 aromatic carbocycles. The average Bonchev–Trinajstić information content (AvgIpc) is 2.37. The van der Waals surface area contributed by atoms with Gasteiger partial charge in [0.25, 0.3) is 0 Å². The summed E-state index contributed by atoms with van der Waals surface area (Å²) in [5.41, 5.74) is 0.387. The fourth-order valence-electron chi connectivity index (χ4n) is 1.44. The van der Waals surface area contributed by atoms with Crippen LogP contribution in [-0.2, 0) is 4.74 Å². The maximum atomic E-state index is 10.1. The van der Waals surface area contributed by atoms with Crippen LogP contribution in [0.3, 0.4) is 0 Å². The molecule has 6 heteroatoms. The maximum Gasteiger partial charge on any atom is 0.241 e. The average molecular weight is 242 g/mol. The summed E-state index contributed by atoms with van der Waals surface area (Å²) in [5.74, 6) is 0.508. The second-order valence-corrected chi connectivity index (χ2v) is 3.68. The number of aliphatic hydroxyl groups excluding tert-OH is 1. The quantitative estimate of drug-likeness (QED) is 0.795. The number of hydrogen-bond donors (Lipinski definition) is 1. The number of aromatic nitrogens is 2. The lowest BCUT2D eigenvalue weighted by molar-refractivity contribution is 0.0518. The Balaban J connectivity index is 2.96. The van der Waals surface area contributed by atoms with Gasteiger partial charge < -0.3 is 19.3 Å². The molecule has 2 atom stereocenters. The van der Waals surface area contributed by atoms with Crippen molar-refractivity contribution in [3.05, 3.63) is 11.9 Å². The van der Waals surface area contributed by atoms with E-state index in [1.807, 2.05) is 6.92 Å². The van der Waals surface area contributed by atoms with Crippen LogP contribution in [0.2, 0.25) is 0 Å². The number of aliphatic hydroxyl groups is 1. The SMILES string of the molecule is COCC(C)C(O)c1ncc(OC)nc1OC. The highest BCUT2D eigenvalue weighted by Crippen LogP contribution is 2.28. The summed E-state index contributed by atoms with van der Waals surface area (Å²) < 4.78 is 15.0. The van der Waals surface area contributed by atoms with E-state index in [9.17, 15) is 5.11 Å². The van der Waals surface area contributed by atoms with E-state index in [0.29, 0.717) is 18.2 Å². The lowest BCUT2D eigenvalue weighted by atomic mass is 10.0. The van der Waals surface area contributed by atoms with Gasteiger partial charge in [0.2, 0.25) is 11.8 Å². The predicted octanol–water partition coefficient (Wildman–Crippen LogP) is 0.810. The number of rotatable bonds is 6. The molecule has 17 heavy (non-hydrogen) atoms. The van der Waals surface area contributed by atoms with E-state index in [-0.39, 0.29) is 11.8 Å². The van der Waals surface area contributed by atoms with Crippen molar-refractivity contribution in [2.75, 3.05) is 27.9 Å². The molecule has 0 saturated heterocycles. The normalized spacial score (nSPS) is 14.2.